The Labute approximate surface area is 208 Å². The van der Waals surface area contributed by atoms with Gasteiger partial charge >= 0.3 is 0 Å². The number of rotatable bonds is 10. The molecular weight excluding hydrogens is 504 g/mol. The van der Waals surface area contributed by atoms with Crippen LogP contribution in [0.3, 0.4) is 0 Å². The van der Waals surface area contributed by atoms with Crippen LogP contribution >= 0.6 is 46.5 Å². The van der Waals surface area contributed by atoms with Crippen LogP contribution in [0.4, 0.5) is 0 Å². The number of nitrogens with zero attached hydrogens (tertiary/aromatic N) is 4. The normalized spacial score (nSPS) is 10.9. The number of methoxy groups -OCH3 is 3. The summed E-state index contributed by atoms with van der Waals surface area (Å²) in [6.07, 6.45) is 0. The Morgan fingerprint density at radius 1 is 0.879 bits per heavy atom. The number of hydrogen-bond donors (Lipinski definition) is 0. The first-order chi connectivity index (χ1) is 16.1. The van der Waals surface area contributed by atoms with Crippen LogP contribution in [0.2, 0.25) is 5.02 Å². The summed E-state index contributed by atoms with van der Waals surface area (Å²) in [5.74, 6) is 3.41. The number of halogens is 1. The van der Waals surface area contributed by atoms with E-state index in [2.05, 4.69) is 20.4 Å². The predicted octanol–water partition coefficient (Wildman–Crippen LogP) is 5.85. The van der Waals surface area contributed by atoms with Crippen molar-refractivity contribution in [1.29, 1.82) is 0 Å². The van der Waals surface area contributed by atoms with Gasteiger partial charge in [0.05, 0.1) is 27.1 Å². The van der Waals surface area contributed by atoms with Crippen LogP contribution in [-0.4, -0.2) is 41.7 Å². The van der Waals surface area contributed by atoms with Gasteiger partial charge in [0.2, 0.25) is 11.6 Å². The average molecular weight is 523 g/mol. The van der Waals surface area contributed by atoms with E-state index < -0.39 is 0 Å². The molecule has 12 heteroatoms. The van der Waals surface area contributed by atoms with Gasteiger partial charge in [-0.3, -0.25) is 0 Å². The zero-order valence-electron chi connectivity index (χ0n) is 17.9. The molecule has 0 fully saturated rings. The van der Waals surface area contributed by atoms with Crippen LogP contribution < -0.4 is 14.2 Å². The topological polar surface area (TPSA) is 92.4 Å². The van der Waals surface area contributed by atoms with E-state index in [9.17, 15) is 0 Å². The number of benzene rings is 2. The lowest BCUT2D eigenvalue weighted by atomic mass is 10.2. The average Bonchev–Trinajstić information content (AvgIpc) is 3.51. The van der Waals surface area contributed by atoms with Crippen molar-refractivity contribution < 1.29 is 18.6 Å². The summed E-state index contributed by atoms with van der Waals surface area (Å²) < 4.78 is 22.7. The molecule has 0 N–H and O–H groups in total. The first-order valence-electron chi connectivity index (χ1n) is 9.56. The summed E-state index contributed by atoms with van der Waals surface area (Å²) in [6, 6.07) is 11.4. The molecule has 2 aromatic heterocycles. The van der Waals surface area contributed by atoms with E-state index in [1.54, 1.807) is 21.3 Å². The first kappa shape index (κ1) is 23.7. The van der Waals surface area contributed by atoms with Crippen molar-refractivity contribution in [2.24, 2.45) is 0 Å². The van der Waals surface area contributed by atoms with Crippen molar-refractivity contribution in [2.75, 3.05) is 21.3 Å². The standard InChI is InChI=1S/C21H19ClN4O4S3/c1-27-15-8-13(9-16(28-2)18(15)29-3)19-24-26-21(33-19)32-11-17-23-25-20(30-17)31-10-12-4-6-14(22)7-5-12/h4-9H,10-11H2,1-3H3. The molecule has 0 aliphatic carbocycles. The van der Waals surface area contributed by atoms with Crippen LogP contribution in [0, 0.1) is 0 Å². The molecule has 2 aromatic carbocycles. The van der Waals surface area contributed by atoms with E-state index in [0.717, 1.165) is 26.2 Å². The van der Waals surface area contributed by atoms with E-state index in [4.69, 9.17) is 30.2 Å². The molecule has 0 saturated heterocycles. The van der Waals surface area contributed by atoms with Crippen LogP contribution in [0.15, 0.2) is 50.4 Å². The van der Waals surface area contributed by atoms with Gasteiger partial charge in [-0.25, -0.2) is 0 Å². The summed E-state index contributed by atoms with van der Waals surface area (Å²) in [5.41, 5.74) is 1.96. The molecule has 172 valence electrons. The van der Waals surface area contributed by atoms with Crippen molar-refractivity contribution in [3.05, 3.63) is 52.9 Å². The van der Waals surface area contributed by atoms with Crippen molar-refractivity contribution in [2.45, 2.75) is 21.1 Å². The molecule has 0 spiro atoms. The largest absolute Gasteiger partial charge is 0.493 e. The second kappa shape index (κ2) is 11.1. The lowest BCUT2D eigenvalue weighted by Gasteiger charge is -2.12. The molecule has 0 aliphatic heterocycles. The SMILES string of the molecule is COc1cc(-c2nnc(SCc3nnc(SCc4ccc(Cl)cc4)o3)s2)cc(OC)c1OC. The van der Waals surface area contributed by atoms with Gasteiger partial charge in [-0.15, -0.1) is 20.4 Å². The molecular formula is C21H19ClN4O4S3. The Morgan fingerprint density at radius 2 is 1.61 bits per heavy atom. The minimum absolute atomic E-state index is 0.498. The van der Waals surface area contributed by atoms with Crippen molar-refractivity contribution in [3.8, 4) is 27.8 Å². The molecule has 0 unspecified atom stereocenters. The third kappa shape index (κ3) is 5.91. The van der Waals surface area contributed by atoms with Gasteiger partial charge in [0.25, 0.3) is 5.22 Å². The molecule has 0 radical (unpaired) electrons. The fraction of sp³-hybridized carbons (Fsp3) is 0.238. The minimum Gasteiger partial charge on any atom is -0.493 e. The van der Waals surface area contributed by atoms with Gasteiger partial charge in [-0.2, -0.15) is 0 Å². The van der Waals surface area contributed by atoms with E-state index in [-0.39, 0.29) is 0 Å². The minimum atomic E-state index is 0.498. The fourth-order valence-corrected chi connectivity index (χ4v) is 5.33. The molecule has 0 amide bonds. The highest BCUT2D eigenvalue weighted by Gasteiger charge is 2.17. The van der Waals surface area contributed by atoms with Gasteiger partial charge in [0.15, 0.2) is 15.8 Å². The molecule has 0 bridgehead atoms. The van der Waals surface area contributed by atoms with Crippen LogP contribution in [0.1, 0.15) is 11.5 Å². The maximum atomic E-state index is 5.92. The van der Waals surface area contributed by atoms with Gasteiger partial charge < -0.3 is 18.6 Å². The van der Waals surface area contributed by atoms with E-state index >= 15 is 0 Å². The van der Waals surface area contributed by atoms with Crippen molar-refractivity contribution in [1.82, 2.24) is 20.4 Å². The molecule has 4 aromatic rings. The van der Waals surface area contributed by atoms with Gasteiger partial charge in [0, 0.05) is 16.3 Å². The number of thioether (sulfide) groups is 2. The smallest absolute Gasteiger partial charge is 0.276 e. The van der Waals surface area contributed by atoms with Gasteiger partial charge in [0.1, 0.15) is 5.01 Å². The Kier molecular flexibility index (Phi) is 7.97. The van der Waals surface area contributed by atoms with Crippen LogP contribution in [-0.2, 0) is 11.5 Å². The Bertz CT molecular complexity index is 1190. The zero-order valence-corrected chi connectivity index (χ0v) is 21.1. The lowest BCUT2D eigenvalue weighted by Crippen LogP contribution is -1.95. The summed E-state index contributed by atoms with van der Waals surface area (Å²) in [4.78, 5) is 0. The van der Waals surface area contributed by atoms with Crippen molar-refractivity contribution in [3.63, 3.8) is 0 Å². The van der Waals surface area contributed by atoms with Crippen LogP contribution in [0.25, 0.3) is 10.6 Å². The summed E-state index contributed by atoms with van der Waals surface area (Å²) in [5, 5.41) is 18.8. The molecule has 0 saturated carbocycles. The van der Waals surface area contributed by atoms with Gasteiger partial charge in [-0.05, 0) is 29.8 Å². The monoisotopic (exact) mass is 522 g/mol. The quantitative estimate of drug-likeness (QED) is 0.236. The molecule has 33 heavy (non-hydrogen) atoms. The molecule has 2 heterocycles. The number of hydrogen-bond acceptors (Lipinski definition) is 11. The van der Waals surface area contributed by atoms with E-state index in [1.165, 1.54) is 34.9 Å². The van der Waals surface area contributed by atoms with Gasteiger partial charge in [-0.1, -0.05) is 58.6 Å². The summed E-state index contributed by atoms with van der Waals surface area (Å²) in [7, 11) is 4.72. The predicted molar refractivity (Wildman–Crippen MR) is 130 cm³/mol. The molecule has 0 aliphatic rings. The molecule has 0 atom stereocenters. The highest BCUT2D eigenvalue weighted by molar-refractivity contribution is 8.00. The lowest BCUT2D eigenvalue weighted by molar-refractivity contribution is 0.324. The zero-order chi connectivity index (χ0) is 23.2. The van der Waals surface area contributed by atoms with E-state index in [0.29, 0.717) is 39.1 Å². The Balaban J connectivity index is 1.37. The number of ether oxygens (including phenoxy) is 3. The van der Waals surface area contributed by atoms with Crippen molar-refractivity contribution >= 4 is 46.5 Å². The first-order valence-corrected chi connectivity index (χ1v) is 12.7. The third-order valence-corrected chi connectivity index (χ3v) is 7.59. The third-order valence-electron chi connectivity index (χ3n) is 4.36. The summed E-state index contributed by atoms with van der Waals surface area (Å²) >= 11 is 10.3. The maximum Gasteiger partial charge on any atom is 0.276 e. The highest BCUT2D eigenvalue weighted by Crippen LogP contribution is 2.42. The second-order valence-electron chi connectivity index (χ2n) is 6.45. The summed E-state index contributed by atoms with van der Waals surface area (Å²) in [6.45, 7) is 0. The Morgan fingerprint density at radius 3 is 2.27 bits per heavy atom. The number of aromatic nitrogens is 4. The second-order valence-corrected chi connectivity index (χ2v) is 10.0. The Hall–Kier alpha value is -2.47. The molecule has 4 rings (SSSR count). The van der Waals surface area contributed by atoms with Crippen LogP contribution in [0.5, 0.6) is 17.2 Å². The maximum absolute atomic E-state index is 5.92. The fourth-order valence-electron chi connectivity index (χ4n) is 2.79. The van der Waals surface area contributed by atoms with E-state index in [1.807, 2.05) is 36.4 Å². The molecule has 8 nitrogen and oxygen atoms in total. The highest BCUT2D eigenvalue weighted by atomic mass is 35.5.